The van der Waals surface area contributed by atoms with Crippen LogP contribution in [0.5, 0.6) is 11.5 Å². The number of nitrogens with one attached hydrogen (secondary N) is 1. The van der Waals surface area contributed by atoms with Crippen LogP contribution in [0, 0.1) is 18.3 Å². The van der Waals surface area contributed by atoms with E-state index in [0.717, 1.165) is 21.3 Å². The van der Waals surface area contributed by atoms with E-state index < -0.39 is 0 Å². The average Bonchev–Trinajstić information content (AvgIpc) is 3.07. The van der Waals surface area contributed by atoms with Crippen LogP contribution in [-0.2, 0) is 11.3 Å². The molecule has 2 aromatic rings. The molecular formula is C17H15BrN4O3. The first-order chi connectivity index (χ1) is 12.1. The van der Waals surface area contributed by atoms with Crippen LogP contribution in [0.4, 0.5) is 5.82 Å². The molecule has 1 aromatic carbocycles. The lowest BCUT2D eigenvalue weighted by Crippen LogP contribution is -2.05. The van der Waals surface area contributed by atoms with Gasteiger partial charge in [-0.1, -0.05) is 0 Å². The highest BCUT2D eigenvalue weighted by molar-refractivity contribution is 9.10. The highest BCUT2D eigenvalue weighted by atomic mass is 79.9. The fourth-order valence-corrected chi connectivity index (χ4v) is 2.79. The Morgan fingerprint density at radius 2 is 2.24 bits per heavy atom. The Morgan fingerprint density at radius 3 is 3.00 bits per heavy atom. The minimum atomic E-state index is 0.226. The molecule has 0 saturated heterocycles. The summed E-state index contributed by atoms with van der Waals surface area (Å²) in [6.45, 7) is 2.37. The van der Waals surface area contributed by atoms with Gasteiger partial charge < -0.3 is 14.2 Å². The molecular weight excluding hydrogens is 388 g/mol. The van der Waals surface area contributed by atoms with Gasteiger partial charge in [-0.2, -0.15) is 10.4 Å². The first-order valence-corrected chi connectivity index (χ1v) is 8.20. The molecule has 1 aliphatic rings. The van der Waals surface area contributed by atoms with Gasteiger partial charge in [0.1, 0.15) is 11.6 Å². The Kier molecular flexibility index (Phi) is 5.16. The summed E-state index contributed by atoms with van der Waals surface area (Å²) in [5, 5.41) is 13.7. The number of hydrazone groups is 1. The number of aryl methyl sites for hydroxylation is 1. The Bertz CT molecular complexity index is 877. The zero-order chi connectivity index (χ0) is 17.8. The van der Waals surface area contributed by atoms with Gasteiger partial charge in [-0.05, 0) is 46.6 Å². The number of nitriles is 1. The van der Waals surface area contributed by atoms with Crippen molar-refractivity contribution < 1.29 is 14.2 Å². The minimum absolute atomic E-state index is 0.226. The second-order valence-corrected chi connectivity index (χ2v) is 6.03. The Hall–Kier alpha value is -2.63. The standard InChI is InChI=1S/C17H15BrN4O3/c1-10-16(18)13(8-23-2)12(6-19)17(21-10)22-20-7-11-3-4-14-15(5-11)25-9-24-14/h3-5,7H,8-9H2,1-2H3,(H,21,22)/b20-7-. The average molecular weight is 403 g/mol. The third kappa shape index (κ3) is 3.57. The number of hydrogen-bond donors (Lipinski definition) is 1. The van der Waals surface area contributed by atoms with Gasteiger partial charge in [0, 0.05) is 17.1 Å². The molecule has 8 heteroatoms. The lowest BCUT2D eigenvalue weighted by Gasteiger charge is -2.12. The summed E-state index contributed by atoms with van der Waals surface area (Å²) in [5.41, 5.74) is 5.54. The molecule has 0 radical (unpaired) electrons. The van der Waals surface area contributed by atoms with Gasteiger partial charge in [-0.3, -0.25) is 5.43 Å². The smallest absolute Gasteiger partial charge is 0.231 e. The molecule has 1 aliphatic heterocycles. The van der Waals surface area contributed by atoms with Crippen molar-refractivity contribution in [3.63, 3.8) is 0 Å². The van der Waals surface area contributed by atoms with Crippen LogP contribution in [-0.4, -0.2) is 25.1 Å². The van der Waals surface area contributed by atoms with Crippen molar-refractivity contribution in [1.82, 2.24) is 4.98 Å². The van der Waals surface area contributed by atoms with E-state index in [4.69, 9.17) is 14.2 Å². The lowest BCUT2D eigenvalue weighted by atomic mass is 10.1. The monoisotopic (exact) mass is 402 g/mol. The first-order valence-electron chi connectivity index (χ1n) is 7.40. The number of halogens is 1. The molecule has 25 heavy (non-hydrogen) atoms. The summed E-state index contributed by atoms with van der Waals surface area (Å²) >= 11 is 3.45. The number of ether oxygens (including phenoxy) is 3. The molecule has 0 spiro atoms. The predicted molar refractivity (Wildman–Crippen MR) is 95.9 cm³/mol. The molecule has 0 unspecified atom stereocenters. The first kappa shape index (κ1) is 17.2. The maximum Gasteiger partial charge on any atom is 0.231 e. The number of pyridine rings is 1. The van der Waals surface area contributed by atoms with E-state index in [2.05, 4.69) is 37.5 Å². The number of anilines is 1. The number of benzene rings is 1. The van der Waals surface area contributed by atoms with E-state index in [1.165, 1.54) is 0 Å². The maximum atomic E-state index is 9.47. The molecule has 0 saturated carbocycles. The van der Waals surface area contributed by atoms with Gasteiger partial charge in [-0.15, -0.1) is 0 Å². The number of aromatic nitrogens is 1. The predicted octanol–water partition coefficient (Wildman–Crippen LogP) is 3.35. The van der Waals surface area contributed by atoms with Crippen LogP contribution >= 0.6 is 15.9 Å². The van der Waals surface area contributed by atoms with E-state index in [1.807, 2.05) is 25.1 Å². The van der Waals surface area contributed by atoms with Gasteiger partial charge in [0.25, 0.3) is 0 Å². The molecule has 0 amide bonds. The van der Waals surface area contributed by atoms with E-state index >= 15 is 0 Å². The fraction of sp³-hybridized carbons (Fsp3) is 0.235. The molecule has 7 nitrogen and oxygen atoms in total. The fourth-order valence-electron chi connectivity index (χ4n) is 2.39. The summed E-state index contributed by atoms with van der Waals surface area (Å²) in [7, 11) is 1.58. The quantitative estimate of drug-likeness (QED) is 0.609. The normalized spacial score (nSPS) is 12.4. The van der Waals surface area contributed by atoms with Crippen LogP contribution in [0.15, 0.2) is 27.8 Å². The molecule has 3 rings (SSSR count). The second-order valence-electron chi connectivity index (χ2n) is 5.24. The summed E-state index contributed by atoms with van der Waals surface area (Å²) in [5.74, 6) is 1.78. The molecule has 128 valence electrons. The molecule has 2 heterocycles. The molecule has 0 atom stereocenters. The van der Waals surface area contributed by atoms with Crippen molar-refractivity contribution in [2.45, 2.75) is 13.5 Å². The molecule has 0 bridgehead atoms. The summed E-state index contributed by atoms with van der Waals surface area (Å²) in [6.07, 6.45) is 1.62. The summed E-state index contributed by atoms with van der Waals surface area (Å²) in [4.78, 5) is 4.38. The number of rotatable bonds is 5. The van der Waals surface area contributed by atoms with E-state index in [1.54, 1.807) is 13.3 Å². The SMILES string of the molecule is COCc1c(Br)c(C)nc(N/N=C\c2ccc3c(c2)OCO3)c1C#N. The number of hydrogen-bond acceptors (Lipinski definition) is 7. The zero-order valence-electron chi connectivity index (χ0n) is 13.7. The van der Waals surface area contributed by atoms with E-state index in [9.17, 15) is 5.26 Å². The van der Waals surface area contributed by atoms with Gasteiger partial charge in [-0.25, -0.2) is 4.98 Å². The number of methoxy groups -OCH3 is 1. The Morgan fingerprint density at radius 1 is 1.44 bits per heavy atom. The topological polar surface area (TPSA) is 88.8 Å². The highest BCUT2D eigenvalue weighted by Crippen LogP contribution is 2.32. The lowest BCUT2D eigenvalue weighted by molar-refractivity contribution is 0.174. The number of fused-ring (bicyclic) bond motifs is 1. The van der Waals surface area contributed by atoms with Crippen LogP contribution in [0.2, 0.25) is 0 Å². The zero-order valence-corrected chi connectivity index (χ0v) is 15.3. The molecule has 1 aromatic heterocycles. The van der Waals surface area contributed by atoms with Crippen molar-refractivity contribution in [3.05, 3.63) is 45.1 Å². The highest BCUT2D eigenvalue weighted by Gasteiger charge is 2.16. The largest absolute Gasteiger partial charge is 0.454 e. The van der Waals surface area contributed by atoms with Crippen molar-refractivity contribution in [3.8, 4) is 17.6 Å². The second kappa shape index (κ2) is 7.51. The van der Waals surface area contributed by atoms with Crippen LogP contribution in [0.25, 0.3) is 0 Å². The van der Waals surface area contributed by atoms with E-state index in [0.29, 0.717) is 29.5 Å². The summed E-state index contributed by atoms with van der Waals surface area (Å²) < 4.78 is 16.5. The third-order valence-electron chi connectivity index (χ3n) is 3.58. The molecule has 1 N–H and O–H groups in total. The van der Waals surface area contributed by atoms with Crippen molar-refractivity contribution in [2.75, 3.05) is 19.3 Å². The number of nitrogens with zero attached hydrogens (tertiary/aromatic N) is 3. The van der Waals surface area contributed by atoms with Crippen LogP contribution in [0.3, 0.4) is 0 Å². The van der Waals surface area contributed by atoms with Gasteiger partial charge >= 0.3 is 0 Å². The van der Waals surface area contributed by atoms with E-state index in [-0.39, 0.29) is 6.79 Å². The Balaban J connectivity index is 1.84. The third-order valence-corrected chi connectivity index (χ3v) is 4.63. The van der Waals surface area contributed by atoms with Gasteiger partial charge in [0.2, 0.25) is 6.79 Å². The van der Waals surface area contributed by atoms with Gasteiger partial charge in [0.15, 0.2) is 17.3 Å². The van der Waals surface area contributed by atoms with Crippen molar-refractivity contribution >= 4 is 28.0 Å². The van der Waals surface area contributed by atoms with Gasteiger partial charge in [0.05, 0.1) is 18.5 Å². The maximum absolute atomic E-state index is 9.47. The van der Waals surface area contributed by atoms with Crippen molar-refractivity contribution in [2.24, 2.45) is 5.10 Å². The molecule has 0 aliphatic carbocycles. The molecule has 0 fully saturated rings. The Labute approximate surface area is 153 Å². The van der Waals surface area contributed by atoms with Crippen LogP contribution in [0.1, 0.15) is 22.4 Å². The van der Waals surface area contributed by atoms with Crippen molar-refractivity contribution in [1.29, 1.82) is 5.26 Å². The summed E-state index contributed by atoms with van der Waals surface area (Å²) in [6, 6.07) is 7.67. The van der Waals surface area contributed by atoms with Crippen LogP contribution < -0.4 is 14.9 Å². The minimum Gasteiger partial charge on any atom is -0.454 e.